The summed E-state index contributed by atoms with van der Waals surface area (Å²) in [6.45, 7) is 19.1. The number of hydrogen-bond donors (Lipinski definition) is 0. The molecule has 0 N–H and O–H groups in total. The van der Waals surface area contributed by atoms with Gasteiger partial charge in [0.1, 0.15) is 0 Å². The summed E-state index contributed by atoms with van der Waals surface area (Å²) in [7, 11) is 0. The highest BCUT2D eigenvalue weighted by Crippen LogP contribution is 2.10. The quantitative estimate of drug-likeness (QED) is 0.128. The van der Waals surface area contributed by atoms with Crippen LogP contribution in [0.2, 0.25) is 0 Å². The first kappa shape index (κ1) is 38.1. The average molecular weight is 562 g/mol. The molecule has 0 saturated carbocycles. The zero-order chi connectivity index (χ0) is 31.6. The zero-order valence-electron chi connectivity index (χ0n) is 27.9. The second-order valence-corrected chi connectivity index (χ2v) is 11.2. The minimum atomic E-state index is 0.520. The molecule has 0 aliphatic heterocycles. The lowest BCUT2D eigenvalue weighted by atomic mass is 10.1. The zero-order valence-corrected chi connectivity index (χ0v) is 27.9. The fraction of sp³-hybridized carbons (Fsp3) is 0.341. The van der Waals surface area contributed by atoms with Crippen LogP contribution >= 0.6 is 0 Å². The van der Waals surface area contributed by atoms with Crippen LogP contribution in [0.25, 0.3) is 0 Å². The van der Waals surface area contributed by atoms with Gasteiger partial charge in [-0.3, -0.25) is 0 Å². The average Bonchev–Trinajstić information content (AvgIpc) is 2.91. The van der Waals surface area contributed by atoms with Crippen molar-refractivity contribution in [1.29, 1.82) is 5.26 Å². The van der Waals surface area contributed by atoms with Gasteiger partial charge in [0.05, 0.1) is 12.5 Å². The van der Waals surface area contributed by atoms with Crippen molar-refractivity contribution < 1.29 is 0 Å². The third-order valence-corrected chi connectivity index (χ3v) is 6.23. The second-order valence-electron chi connectivity index (χ2n) is 11.2. The van der Waals surface area contributed by atoms with Gasteiger partial charge < -0.3 is 0 Å². The van der Waals surface area contributed by atoms with E-state index >= 15 is 0 Å². The van der Waals surface area contributed by atoms with Crippen LogP contribution in [0.4, 0.5) is 0 Å². The van der Waals surface area contributed by atoms with Crippen molar-refractivity contribution >= 4 is 0 Å². The summed E-state index contributed by atoms with van der Waals surface area (Å²) < 4.78 is 0. The number of rotatable bonds is 17. The molecule has 0 rings (SSSR count). The molecular formula is C41H55N. The Morgan fingerprint density at radius 2 is 0.810 bits per heavy atom. The van der Waals surface area contributed by atoms with Crippen LogP contribution in [0.3, 0.4) is 0 Å². The molecule has 0 aromatic carbocycles. The number of nitriles is 1. The van der Waals surface area contributed by atoms with E-state index in [0.717, 1.165) is 31.3 Å². The summed E-state index contributed by atoms with van der Waals surface area (Å²) in [6.07, 6.45) is 43.2. The first-order valence-electron chi connectivity index (χ1n) is 15.1. The van der Waals surface area contributed by atoms with Crippen molar-refractivity contribution in [1.82, 2.24) is 0 Å². The van der Waals surface area contributed by atoms with Gasteiger partial charge in [0.25, 0.3) is 0 Å². The molecule has 0 bridgehead atoms. The maximum atomic E-state index is 8.72. The lowest BCUT2D eigenvalue weighted by Gasteiger charge is -1.97. The van der Waals surface area contributed by atoms with Gasteiger partial charge in [0.2, 0.25) is 0 Å². The molecule has 0 aromatic rings. The Bertz CT molecular complexity index is 1250. The molecule has 0 atom stereocenters. The largest absolute Gasteiger partial charge is 0.198 e. The smallest absolute Gasteiger partial charge is 0.0666 e. The molecule has 0 aliphatic carbocycles. The van der Waals surface area contributed by atoms with Crippen LogP contribution < -0.4 is 0 Å². The van der Waals surface area contributed by atoms with Gasteiger partial charge in [0, 0.05) is 0 Å². The van der Waals surface area contributed by atoms with Crippen LogP contribution in [0.1, 0.15) is 94.4 Å². The first-order valence-corrected chi connectivity index (χ1v) is 15.1. The normalized spacial score (nSPS) is 15.3. The molecule has 0 heterocycles. The standard InChI is InChI=1S/C41H55N/c1-34(2)18-12-21-37(5)24-15-27-38(6)25-13-22-35(3)19-10-11-20-36(4)23-14-26-39(7)28-16-29-40(8)30-17-31-41(9)32-33-42/h10-11,13-16,18-20,22-29,31H,12,17,21,30,32H2,1-9H3/b11-10+,22-13+,23-14+,27-15+,28-16+,35-19+,36-20+,37-24+,38-25+,39-26+,40-29+,41-31+. The van der Waals surface area contributed by atoms with Gasteiger partial charge in [-0.25, -0.2) is 0 Å². The highest BCUT2D eigenvalue weighted by Gasteiger charge is 1.90. The van der Waals surface area contributed by atoms with E-state index in [1.165, 1.54) is 39.0 Å². The minimum absolute atomic E-state index is 0.520. The van der Waals surface area contributed by atoms with Gasteiger partial charge >= 0.3 is 0 Å². The number of allylic oxidation sites excluding steroid dienone is 26. The fourth-order valence-electron chi connectivity index (χ4n) is 3.57. The maximum Gasteiger partial charge on any atom is 0.0666 e. The van der Waals surface area contributed by atoms with E-state index in [9.17, 15) is 0 Å². The van der Waals surface area contributed by atoms with E-state index in [2.05, 4.69) is 171 Å². The van der Waals surface area contributed by atoms with Crippen molar-refractivity contribution in [3.8, 4) is 6.07 Å². The van der Waals surface area contributed by atoms with E-state index in [-0.39, 0.29) is 0 Å². The van der Waals surface area contributed by atoms with Crippen molar-refractivity contribution in [2.45, 2.75) is 94.4 Å². The van der Waals surface area contributed by atoms with E-state index < -0.39 is 0 Å². The summed E-state index contributed by atoms with van der Waals surface area (Å²) >= 11 is 0. The molecule has 0 saturated heterocycles. The molecule has 0 aliphatic rings. The van der Waals surface area contributed by atoms with Crippen molar-refractivity contribution in [2.75, 3.05) is 0 Å². The molecule has 1 nitrogen and oxygen atoms in total. The monoisotopic (exact) mass is 561 g/mol. The van der Waals surface area contributed by atoms with Crippen LogP contribution in [0.15, 0.2) is 154 Å². The maximum absolute atomic E-state index is 8.72. The fourth-order valence-corrected chi connectivity index (χ4v) is 3.57. The Hall–Kier alpha value is -3.89. The minimum Gasteiger partial charge on any atom is -0.198 e. The third kappa shape index (κ3) is 25.1. The molecule has 0 aromatic heterocycles. The van der Waals surface area contributed by atoms with Crippen molar-refractivity contribution in [3.63, 3.8) is 0 Å². The van der Waals surface area contributed by atoms with Gasteiger partial charge in [-0.1, -0.05) is 154 Å². The lowest BCUT2D eigenvalue weighted by Crippen LogP contribution is -1.78. The van der Waals surface area contributed by atoms with Crippen molar-refractivity contribution in [3.05, 3.63) is 154 Å². The van der Waals surface area contributed by atoms with E-state index in [1.807, 2.05) is 6.92 Å². The highest BCUT2D eigenvalue weighted by atomic mass is 14.2. The molecule has 1 heteroatoms. The second kappa shape index (κ2) is 24.9. The topological polar surface area (TPSA) is 23.8 Å². The molecule has 0 radical (unpaired) electrons. The van der Waals surface area contributed by atoms with Gasteiger partial charge in [0.15, 0.2) is 0 Å². The Morgan fingerprint density at radius 1 is 0.452 bits per heavy atom. The van der Waals surface area contributed by atoms with Crippen LogP contribution in [0.5, 0.6) is 0 Å². The van der Waals surface area contributed by atoms with E-state index in [0.29, 0.717) is 6.42 Å². The SMILES string of the molecule is CC(C)=CCC/C(C)=C/C=C/C(C)=C/C=C/C(C)=C/C=C/C=C(C)/C=C/C=C(C)/C=C/C=C(\C)CC/C=C(\C)CC#N. The van der Waals surface area contributed by atoms with Crippen LogP contribution in [-0.4, -0.2) is 0 Å². The van der Waals surface area contributed by atoms with Crippen LogP contribution in [0, 0.1) is 11.3 Å². The summed E-state index contributed by atoms with van der Waals surface area (Å²) in [6, 6.07) is 2.19. The van der Waals surface area contributed by atoms with Gasteiger partial charge in [-0.05, 0) is 88.0 Å². The van der Waals surface area contributed by atoms with Gasteiger partial charge in [-0.15, -0.1) is 0 Å². The summed E-state index contributed by atoms with van der Waals surface area (Å²) in [4.78, 5) is 0. The Labute approximate surface area is 259 Å². The molecule has 224 valence electrons. The number of nitrogens with zero attached hydrogens (tertiary/aromatic N) is 1. The Balaban J connectivity index is 4.71. The van der Waals surface area contributed by atoms with Gasteiger partial charge in [-0.2, -0.15) is 5.26 Å². The summed E-state index contributed by atoms with van der Waals surface area (Å²) in [5, 5.41) is 8.72. The predicted molar refractivity (Wildman–Crippen MR) is 190 cm³/mol. The Kier molecular flexibility index (Phi) is 22.6. The van der Waals surface area contributed by atoms with E-state index in [4.69, 9.17) is 5.26 Å². The molecular weight excluding hydrogens is 506 g/mol. The lowest BCUT2D eigenvalue weighted by molar-refractivity contribution is 0.961. The number of hydrogen-bond acceptors (Lipinski definition) is 1. The molecule has 0 amide bonds. The third-order valence-electron chi connectivity index (χ3n) is 6.23. The molecule has 42 heavy (non-hydrogen) atoms. The molecule has 0 spiro atoms. The summed E-state index contributed by atoms with van der Waals surface area (Å²) in [5.74, 6) is 0. The van der Waals surface area contributed by atoms with Crippen molar-refractivity contribution in [2.24, 2.45) is 0 Å². The predicted octanol–water partition coefficient (Wildman–Crippen LogP) is 12.8. The summed E-state index contributed by atoms with van der Waals surface area (Å²) in [5.41, 5.74) is 10.1. The molecule has 0 fully saturated rings. The van der Waals surface area contributed by atoms with Crippen LogP contribution in [-0.2, 0) is 0 Å². The van der Waals surface area contributed by atoms with E-state index in [1.54, 1.807) is 0 Å². The first-order chi connectivity index (χ1) is 20.0. The Morgan fingerprint density at radius 3 is 1.19 bits per heavy atom. The molecule has 0 unspecified atom stereocenters. The highest BCUT2D eigenvalue weighted by molar-refractivity contribution is 5.32.